The van der Waals surface area contributed by atoms with Crippen molar-refractivity contribution in [3.05, 3.63) is 54.9 Å². The number of aromatic nitrogens is 1. The number of hydrogen-bond donors (Lipinski definition) is 0. The molecule has 2 rings (SSSR count). The first-order chi connectivity index (χ1) is 8.75. The van der Waals surface area contributed by atoms with Crippen LogP contribution in [0, 0.1) is 0 Å². The van der Waals surface area contributed by atoms with Crippen LogP contribution in [-0.4, -0.2) is 13.4 Å². The van der Waals surface area contributed by atoms with Gasteiger partial charge in [-0.25, -0.2) is 4.21 Å². The third kappa shape index (κ3) is 3.73. The molecule has 94 valence electrons. The highest BCUT2D eigenvalue weighted by Gasteiger charge is 2.11. The van der Waals surface area contributed by atoms with Crippen LogP contribution >= 0.6 is 0 Å². The summed E-state index contributed by atoms with van der Waals surface area (Å²) in [5.74, 6) is 0.279. The lowest BCUT2D eigenvalue weighted by atomic mass is 10.4. The second-order valence-corrected chi connectivity index (χ2v) is 5.15. The normalized spacial score (nSPS) is 13.8. The van der Waals surface area contributed by atoms with Crippen LogP contribution in [0.15, 0.2) is 59.8 Å². The van der Waals surface area contributed by atoms with Crippen molar-refractivity contribution in [3.63, 3.8) is 0 Å². The highest BCUT2D eigenvalue weighted by atomic mass is 32.3. The first-order valence-corrected chi connectivity index (χ1v) is 6.99. The Morgan fingerprint density at radius 3 is 2.44 bits per heavy atom. The zero-order chi connectivity index (χ0) is 12.8. The highest BCUT2D eigenvalue weighted by molar-refractivity contribution is 7.91. The predicted octanol–water partition coefficient (Wildman–Crippen LogP) is 1.78. The molecule has 2 aromatic rings. The van der Waals surface area contributed by atoms with E-state index in [0.29, 0.717) is 4.90 Å². The molecule has 18 heavy (non-hydrogen) atoms. The first-order valence-electron chi connectivity index (χ1n) is 4.91. The van der Waals surface area contributed by atoms with Gasteiger partial charge in [0.2, 0.25) is 11.1 Å². The molecule has 1 aromatic carbocycles. The molecule has 2 unspecified atom stereocenters. The van der Waals surface area contributed by atoms with Crippen molar-refractivity contribution in [1.82, 2.24) is 4.98 Å². The summed E-state index contributed by atoms with van der Waals surface area (Å²) in [6.45, 7) is 0. The Labute approximate surface area is 109 Å². The Hall–Kier alpha value is -1.57. The van der Waals surface area contributed by atoms with Crippen LogP contribution in [0.1, 0.15) is 0 Å². The Morgan fingerprint density at radius 2 is 1.78 bits per heavy atom. The summed E-state index contributed by atoms with van der Waals surface area (Å²) in [5, 5.41) is 0. The number of benzene rings is 1. The van der Waals surface area contributed by atoms with Crippen LogP contribution in [0.5, 0.6) is 5.75 Å². The summed E-state index contributed by atoms with van der Waals surface area (Å²) in [6, 6.07) is 11.6. The van der Waals surface area contributed by atoms with E-state index in [2.05, 4.69) is 4.98 Å². The molecule has 0 aliphatic rings. The van der Waals surface area contributed by atoms with Crippen molar-refractivity contribution in [2.75, 3.05) is 0 Å². The smallest absolute Gasteiger partial charge is 0.374 e. The molecule has 1 aromatic heterocycles. The van der Waals surface area contributed by atoms with Gasteiger partial charge in [0.1, 0.15) is 0 Å². The molecule has 0 fully saturated rings. The number of hydrogen-bond acceptors (Lipinski definition) is 5. The highest BCUT2D eigenvalue weighted by Crippen LogP contribution is 2.12. The first kappa shape index (κ1) is 12.9. The van der Waals surface area contributed by atoms with Crippen molar-refractivity contribution in [1.29, 1.82) is 0 Å². The number of rotatable bonds is 5. The monoisotopic (exact) mass is 283 g/mol. The van der Waals surface area contributed by atoms with Crippen molar-refractivity contribution in [2.45, 2.75) is 4.90 Å². The number of pyridine rings is 1. The maximum Gasteiger partial charge on any atom is 0.374 e. The Bertz CT molecular complexity index is 547. The molecular formula is C11H9NO4S2. The average molecular weight is 283 g/mol. The average Bonchev–Trinajstić information content (AvgIpc) is 2.40. The van der Waals surface area contributed by atoms with Gasteiger partial charge in [0.05, 0.1) is 11.1 Å². The van der Waals surface area contributed by atoms with Gasteiger partial charge in [-0.15, -0.1) is 0 Å². The van der Waals surface area contributed by atoms with Gasteiger partial charge in [0, 0.05) is 6.20 Å². The van der Waals surface area contributed by atoms with Crippen LogP contribution < -0.4 is 4.18 Å². The zero-order valence-corrected chi connectivity index (χ0v) is 10.7. The van der Waals surface area contributed by atoms with E-state index >= 15 is 0 Å². The van der Waals surface area contributed by atoms with Crippen molar-refractivity contribution < 1.29 is 16.2 Å². The molecule has 1 heterocycles. The fraction of sp³-hybridized carbons (Fsp3) is 0. The second-order valence-electron chi connectivity index (χ2n) is 3.09. The van der Waals surface area contributed by atoms with Crippen LogP contribution in [0.3, 0.4) is 0 Å². The Balaban J connectivity index is 1.94. The van der Waals surface area contributed by atoms with Gasteiger partial charge in [-0.1, -0.05) is 18.2 Å². The van der Waals surface area contributed by atoms with Gasteiger partial charge in [-0.2, -0.15) is 7.84 Å². The standard InChI is InChI=1S/C11H9NO4S2/c13-17(11-6-2-1-3-7-11)16-18(14)15-10-5-4-8-12-9-10/h1-9H. The minimum Gasteiger partial charge on any atom is -0.378 e. The molecule has 0 amide bonds. The van der Waals surface area contributed by atoms with Gasteiger partial charge in [-0.05, 0) is 24.3 Å². The molecule has 2 atom stereocenters. The lowest BCUT2D eigenvalue weighted by molar-refractivity contribution is 0.472. The van der Waals surface area contributed by atoms with E-state index in [-0.39, 0.29) is 5.75 Å². The summed E-state index contributed by atoms with van der Waals surface area (Å²) >= 11 is -3.97. The van der Waals surface area contributed by atoms with Crippen LogP contribution in [0.2, 0.25) is 0 Å². The van der Waals surface area contributed by atoms with Crippen LogP contribution in [0.4, 0.5) is 0 Å². The maximum absolute atomic E-state index is 11.6. The lowest BCUT2D eigenvalue weighted by Gasteiger charge is -2.03. The Morgan fingerprint density at radius 1 is 1.00 bits per heavy atom. The van der Waals surface area contributed by atoms with Crippen molar-refractivity contribution in [2.24, 2.45) is 0 Å². The molecule has 0 N–H and O–H groups in total. The van der Waals surface area contributed by atoms with Crippen LogP contribution in [-0.2, 0) is 26.1 Å². The largest absolute Gasteiger partial charge is 0.378 e. The molecule has 0 radical (unpaired) electrons. The SMILES string of the molecule is O=S(Oc1cccnc1)OS(=O)c1ccccc1. The topological polar surface area (TPSA) is 65.5 Å². The van der Waals surface area contributed by atoms with E-state index in [1.165, 1.54) is 6.20 Å². The second kappa shape index (κ2) is 6.39. The van der Waals surface area contributed by atoms with E-state index in [9.17, 15) is 8.42 Å². The fourth-order valence-electron chi connectivity index (χ4n) is 1.11. The summed E-state index contributed by atoms with van der Waals surface area (Å²) in [7, 11) is 0. The minimum absolute atomic E-state index is 0.279. The molecule has 0 bridgehead atoms. The summed E-state index contributed by atoms with van der Waals surface area (Å²) < 4.78 is 32.7. The van der Waals surface area contributed by atoms with Crippen LogP contribution in [0.25, 0.3) is 0 Å². The van der Waals surface area contributed by atoms with E-state index in [1.54, 1.807) is 48.7 Å². The number of nitrogens with zero attached hydrogens (tertiary/aromatic N) is 1. The fourth-order valence-corrected chi connectivity index (χ4v) is 2.57. The van der Waals surface area contributed by atoms with Crippen molar-refractivity contribution in [3.8, 4) is 5.75 Å². The molecule has 0 spiro atoms. The third-order valence-corrected chi connectivity index (χ3v) is 3.78. The van der Waals surface area contributed by atoms with Gasteiger partial charge in [0.25, 0.3) is 0 Å². The van der Waals surface area contributed by atoms with Gasteiger partial charge < -0.3 is 4.18 Å². The van der Waals surface area contributed by atoms with Crippen molar-refractivity contribution >= 4 is 22.4 Å². The summed E-state index contributed by atoms with van der Waals surface area (Å²) in [4.78, 5) is 4.20. The molecule has 0 saturated heterocycles. The van der Waals surface area contributed by atoms with E-state index in [4.69, 9.17) is 7.81 Å². The van der Waals surface area contributed by atoms with E-state index < -0.39 is 22.4 Å². The molecule has 0 aliphatic heterocycles. The lowest BCUT2D eigenvalue weighted by Crippen LogP contribution is -2.07. The molecule has 0 aliphatic carbocycles. The maximum atomic E-state index is 11.6. The predicted molar refractivity (Wildman–Crippen MR) is 66.9 cm³/mol. The third-order valence-electron chi connectivity index (χ3n) is 1.85. The molecular weight excluding hydrogens is 274 g/mol. The van der Waals surface area contributed by atoms with Gasteiger partial charge in [-0.3, -0.25) is 4.98 Å². The zero-order valence-electron chi connectivity index (χ0n) is 9.09. The molecule has 7 heteroatoms. The van der Waals surface area contributed by atoms with Gasteiger partial charge >= 0.3 is 11.4 Å². The summed E-state index contributed by atoms with van der Waals surface area (Å²) in [6.07, 6.45) is 2.94. The van der Waals surface area contributed by atoms with Gasteiger partial charge in [0.15, 0.2) is 5.75 Å². The molecule has 0 saturated carbocycles. The van der Waals surface area contributed by atoms with E-state index in [1.807, 2.05) is 0 Å². The quantitative estimate of drug-likeness (QED) is 0.837. The Kier molecular flexibility index (Phi) is 4.57. The minimum atomic E-state index is -2.14. The van der Waals surface area contributed by atoms with E-state index in [0.717, 1.165) is 0 Å². The summed E-state index contributed by atoms with van der Waals surface area (Å²) in [5.41, 5.74) is 0. The molecule has 5 nitrogen and oxygen atoms in total.